The predicted octanol–water partition coefficient (Wildman–Crippen LogP) is 3.04. The maximum absolute atomic E-state index is 13.0. The molecule has 0 saturated heterocycles. The average molecular weight is 429 g/mol. The van der Waals surface area contributed by atoms with Gasteiger partial charge in [-0.15, -0.1) is 0 Å². The Bertz CT molecular complexity index is 1360. The molecule has 0 spiro atoms. The maximum atomic E-state index is 13.0. The monoisotopic (exact) mass is 429 g/mol. The second-order valence-corrected chi connectivity index (χ2v) is 7.87. The highest BCUT2D eigenvalue weighted by Gasteiger charge is 2.19. The molecule has 32 heavy (non-hydrogen) atoms. The highest BCUT2D eigenvalue weighted by atomic mass is 16.5. The lowest BCUT2D eigenvalue weighted by Gasteiger charge is -2.27. The Morgan fingerprint density at radius 3 is 2.69 bits per heavy atom. The third-order valence-corrected chi connectivity index (χ3v) is 5.52. The first-order valence-corrected chi connectivity index (χ1v) is 10.4. The number of fused-ring (bicyclic) bond motifs is 1. The first kappa shape index (κ1) is 19.9. The van der Waals surface area contributed by atoms with E-state index in [9.17, 15) is 4.79 Å². The second kappa shape index (κ2) is 7.92. The average Bonchev–Trinajstić information content (AvgIpc) is 3.23. The Morgan fingerprint density at radius 1 is 1.03 bits per heavy atom. The van der Waals surface area contributed by atoms with Gasteiger partial charge in [0, 0.05) is 57.4 Å². The van der Waals surface area contributed by atoms with E-state index in [1.165, 1.54) is 0 Å². The van der Waals surface area contributed by atoms with Gasteiger partial charge in [0.2, 0.25) is 5.95 Å². The molecule has 9 nitrogen and oxygen atoms in total. The molecule has 0 aromatic carbocycles. The van der Waals surface area contributed by atoms with Gasteiger partial charge in [-0.2, -0.15) is 5.10 Å². The fraction of sp³-hybridized carbons (Fsp3) is 0.261. The van der Waals surface area contributed by atoms with E-state index in [0.717, 1.165) is 24.2 Å². The minimum atomic E-state index is -0.0719. The first-order chi connectivity index (χ1) is 15.5. The predicted molar refractivity (Wildman–Crippen MR) is 121 cm³/mol. The summed E-state index contributed by atoms with van der Waals surface area (Å²) in [5.41, 5.74) is 3.37. The van der Waals surface area contributed by atoms with Crippen molar-refractivity contribution in [1.82, 2.24) is 29.3 Å². The highest BCUT2D eigenvalue weighted by molar-refractivity contribution is 5.61. The van der Waals surface area contributed by atoms with Crippen LogP contribution in [0, 0.1) is 6.92 Å². The van der Waals surface area contributed by atoms with Crippen molar-refractivity contribution >= 4 is 5.95 Å². The summed E-state index contributed by atoms with van der Waals surface area (Å²) in [7, 11) is 3.81. The number of hydrogen-bond acceptors (Lipinski definition) is 7. The number of nitrogens with zero attached hydrogens (tertiary/aromatic N) is 7. The van der Waals surface area contributed by atoms with E-state index >= 15 is 0 Å². The van der Waals surface area contributed by atoms with Crippen LogP contribution in [0.4, 0.5) is 5.95 Å². The van der Waals surface area contributed by atoms with Crippen LogP contribution < -0.4 is 15.2 Å². The molecule has 9 heteroatoms. The van der Waals surface area contributed by atoms with Crippen LogP contribution in [0.3, 0.4) is 0 Å². The van der Waals surface area contributed by atoms with E-state index in [2.05, 4.69) is 20.1 Å². The fourth-order valence-electron chi connectivity index (χ4n) is 3.85. The van der Waals surface area contributed by atoms with Gasteiger partial charge in [-0.3, -0.25) is 19.0 Å². The Balaban J connectivity index is 1.43. The molecular weight excluding hydrogens is 406 g/mol. The van der Waals surface area contributed by atoms with Crippen LogP contribution in [0.2, 0.25) is 0 Å². The van der Waals surface area contributed by atoms with Crippen LogP contribution in [0.15, 0.2) is 53.8 Å². The lowest BCUT2D eigenvalue weighted by atomic mass is 10.2. The van der Waals surface area contributed by atoms with Crippen molar-refractivity contribution in [1.29, 1.82) is 0 Å². The van der Waals surface area contributed by atoms with Crippen LogP contribution in [-0.2, 0) is 13.6 Å². The smallest absolute Gasteiger partial charge is 0.264 e. The Hall–Kier alpha value is -4.01. The molecular formula is C23H23N7O2. The van der Waals surface area contributed by atoms with Crippen LogP contribution in [0.1, 0.15) is 12.1 Å². The molecule has 4 aromatic rings. The molecule has 1 aliphatic rings. The van der Waals surface area contributed by atoms with Crippen LogP contribution in [-0.4, -0.2) is 42.9 Å². The molecule has 5 heterocycles. The minimum absolute atomic E-state index is 0.0719. The van der Waals surface area contributed by atoms with E-state index in [4.69, 9.17) is 4.74 Å². The number of ether oxygens (including phenoxy) is 1. The third-order valence-electron chi connectivity index (χ3n) is 5.52. The quantitative estimate of drug-likeness (QED) is 0.492. The van der Waals surface area contributed by atoms with Gasteiger partial charge in [-0.25, -0.2) is 9.97 Å². The summed E-state index contributed by atoms with van der Waals surface area (Å²) >= 11 is 0. The van der Waals surface area contributed by atoms with Gasteiger partial charge < -0.3 is 9.64 Å². The van der Waals surface area contributed by atoms with Gasteiger partial charge in [0.1, 0.15) is 11.5 Å². The summed E-state index contributed by atoms with van der Waals surface area (Å²) in [5.74, 6) is 1.96. The largest absolute Gasteiger partial charge is 0.455 e. The van der Waals surface area contributed by atoms with E-state index < -0.39 is 0 Å². The molecule has 1 aliphatic heterocycles. The molecule has 0 N–H and O–H groups in total. The summed E-state index contributed by atoms with van der Waals surface area (Å²) in [6.45, 7) is 3.42. The second-order valence-electron chi connectivity index (χ2n) is 7.87. The van der Waals surface area contributed by atoms with E-state index in [1.54, 1.807) is 40.0 Å². The molecule has 0 fully saturated rings. The molecule has 0 atom stereocenters. The maximum Gasteiger partial charge on any atom is 0.264 e. The van der Waals surface area contributed by atoms with Crippen LogP contribution >= 0.6 is 0 Å². The van der Waals surface area contributed by atoms with Crippen LogP contribution in [0.5, 0.6) is 11.5 Å². The summed E-state index contributed by atoms with van der Waals surface area (Å²) in [5, 5.41) is 4.19. The summed E-state index contributed by atoms with van der Waals surface area (Å²) in [6, 6.07) is 7.28. The van der Waals surface area contributed by atoms with Gasteiger partial charge in [-0.05, 0) is 31.5 Å². The summed E-state index contributed by atoms with van der Waals surface area (Å²) in [4.78, 5) is 28.6. The zero-order valence-electron chi connectivity index (χ0n) is 18.2. The van der Waals surface area contributed by atoms with Crippen molar-refractivity contribution in [3.8, 4) is 34.0 Å². The lowest BCUT2D eigenvalue weighted by Crippen LogP contribution is -2.36. The van der Waals surface area contributed by atoms with Crippen molar-refractivity contribution in [2.24, 2.45) is 7.05 Å². The first-order valence-electron chi connectivity index (χ1n) is 10.4. The van der Waals surface area contributed by atoms with Crippen LogP contribution in [0.25, 0.3) is 22.5 Å². The zero-order chi connectivity index (χ0) is 22.2. The molecule has 5 rings (SSSR count). The topological polar surface area (TPSA) is 91.0 Å². The number of aromatic nitrogens is 6. The van der Waals surface area contributed by atoms with Crippen molar-refractivity contribution in [2.45, 2.75) is 19.9 Å². The highest BCUT2D eigenvalue weighted by Crippen LogP contribution is 2.28. The summed E-state index contributed by atoms with van der Waals surface area (Å²) in [6.07, 6.45) is 7.89. The fourth-order valence-corrected chi connectivity index (χ4v) is 3.85. The van der Waals surface area contributed by atoms with Crippen molar-refractivity contribution in [3.05, 3.63) is 65.1 Å². The number of aryl methyl sites for hydroxylation is 2. The Labute approximate surface area is 185 Å². The SMILES string of the molecule is Cc1nc(-c2cnc3n(c2=O)CCCN3C)ccc1Oc1ccnc(-c2cnn(C)c2)c1. The van der Waals surface area contributed by atoms with Crippen molar-refractivity contribution < 1.29 is 4.74 Å². The molecule has 0 bridgehead atoms. The molecule has 0 saturated carbocycles. The lowest BCUT2D eigenvalue weighted by molar-refractivity contribution is 0.475. The van der Waals surface area contributed by atoms with Gasteiger partial charge in [0.05, 0.1) is 28.8 Å². The van der Waals surface area contributed by atoms with E-state index in [0.29, 0.717) is 40.9 Å². The number of rotatable bonds is 4. The molecule has 0 aliphatic carbocycles. The van der Waals surface area contributed by atoms with Crippen molar-refractivity contribution in [2.75, 3.05) is 18.5 Å². The Kier molecular flexibility index (Phi) is 4.93. The molecule has 4 aromatic heterocycles. The molecule has 0 radical (unpaired) electrons. The van der Waals surface area contributed by atoms with Gasteiger partial charge in [0.25, 0.3) is 5.56 Å². The summed E-state index contributed by atoms with van der Waals surface area (Å²) < 4.78 is 9.52. The zero-order valence-corrected chi connectivity index (χ0v) is 18.2. The van der Waals surface area contributed by atoms with Crippen molar-refractivity contribution in [3.63, 3.8) is 0 Å². The Morgan fingerprint density at radius 2 is 1.91 bits per heavy atom. The number of hydrogen-bond donors (Lipinski definition) is 0. The molecule has 162 valence electrons. The van der Waals surface area contributed by atoms with Gasteiger partial charge >= 0.3 is 0 Å². The number of anilines is 1. The van der Waals surface area contributed by atoms with Gasteiger partial charge in [-0.1, -0.05) is 0 Å². The minimum Gasteiger partial charge on any atom is -0.455 e. The normalized spacial score (nSPS) is 13.2. The third kappa shape index (κ3) is 3.62. The molecule has 0 unspecified atom stereocenters. The van der Waals surface area contributed by atoms with Gasteiger partial charge in [0.15, 0.2) is 0 Å². The van der Waals surface area contributed by atoms with E-state index in [1.807, 2.05) is 44.2 Å². The number of pyridine rings is 2. The molecule has 0 amide bonds. The van der Waals surface area contributed by atoms with E-state index in [-0.39, 0.29) is 5.56 Å². The standard InChI is InChI=1S/C23H23N7O2/c1-15-21(32-17-7-8-24-20(11-17)16-12-26-29(3)14-16)6-5-19(27-15)18-13-25-23-28(2)9-4-10-30(23)22(18)31/h5-8,11-14H,4,9-10H2,1-3H3.